The van der Waals surface area contributed by atoms with E-state index in [1.165, 1.54) is 58.0 Å². The van der Waals surface area contributed by atoms with E-state index in [1.54, 1.807) is 11.1 Å². The van der Waals surface area contributed by atoms with E-state index in [4.69, 9.17) is 0 Å². The molecule has 1 aliphatic carbocycles. The lowest BCUT2D eigenvalue weighted by Gasteiger charge is -2.24. The Morgan fingerprint density at radius 2 is 1.83 bits per heavy atom. The first-order valence-corrected chi connectivity index (χ1v) is 7.72. The Hall–Kier alpha value is -0.820. The highest BCUT2D eigenvalue weighted by molar-refractivity contribution is 5.31. The summed E-state index contributed by atoms with van der Waals surface area (Å²) in [4.78, 5) is 0. The molecule has 1 unspecified atom stereocenters. The van der Waals surface area contributed by atoms with Gasteiger partial charge in [-0.15, -0.1) is 0 Å². The molecule has 3 rings (SSSR count). The van der Waals surface area contributed by atoms with Crippen LogP contribution in [-0.4, -0.2) is 13.1 Å². The monoisotopic (exact) mass is 243 g/mol. The van der Waals surface area contributed by atoms with Gasteiger partial charge in [0.25, 0.3) is 0 Å². The molecule has 1 atom stereocenters. The Morgan fingerprint density at radius 1 is 1.00 bits per heavy atom. The van der Waals surface area contributed by atoms with Crippen molar-refractivity contribution in [1.82, 2.24) is 5.32 Å². The Labute approximate surface area is 111 Å². The molecule has 0 spiro atoms. The van der Waals surface area contributed by atoms with Crippen LogP contribution in [0.25, 0.3) is 0 Å². The lowest BCUT2D eigenvalue weighted by Crippen LogP contribution is -2.31. The van der Waals surface area contributed by atoms with Crippen LogP contribution in [0.2, 0.25) is 0 Å². The molecule has 1 N–H and O–H groups in total. The van der Waals surface area contributed by atoms with Crippen LogP contribution >= 0.6 is 0 Å². The van der Waals surface area contributed by atoms with Gasteiger partial charge in [0, 0.05) is 0 Å². The van der Waals surface area contributed by atoms with E-state index in [9.17, 15) is 0 Å². The molecule has 1 aromatic carbocycles. The summed E-state index contributed by atoms with van der Waals surface area (Å²) in [7, 11) is 0. The molecule has 1 aliphatic heterocycles. The molecule has 0 bridgehead atoms. The van der Waals surface area contributed by atoms with Gasteiger partial charge >= 0.3 is 0 Å². The lowest BCUT2D eigenvalue weighted by atomic mass is 9.86. The van der Waals surface area contributed by atoms with E-state index in [2.05, 4.69) is 29.6 Å². The molecule has 1 heterocycles. The van der Waals surface area contributed by atoms with Gasteiger partial charge in [0.05, 0.1) is 0 Å². The third kappa shape index (κ3) is 2.77. The molecule has 1 aromatic rings. The quantitative estimate of drug-likeness (QED) is 0.849. The van der Waals surface area contributed by atoms with Gasteiger partial charge < -0.3 is 5.32 Å². The van der Waals surface area contributed by atoms with Crippen LogP contribution in [0.5, 0.6) is 0 Å². The van der Waals surface area contributed by atoms with E-state index < -0.39 is 0 Å². The van der Waals surface area contributed by atoms with Crippen molar-refractivity contribution in [3.8, 4) is 0 Å². The molecule has 2 aliphatic rings. The van der Waals surface area contributed by atoms with E-state index >= 15 is 0 Å². The maximum atomic E-state index is 3.54. The summed E-state index contributed by atoms with van der Waals surface area (Å²) in [5.41, 5.74) is 3.30. The molecule has 0 amide bonds. The van der Waals surface area contributed by atoms with Gasteiger partial charge in [0.1, 0.15) is 0 Å². The summed E-state index contributed by atoms with van der Waals surface area (Å²) in [6, 6.07) is 9.23. The minimum atomic E-state index is 0.859. The average Bonchev–Trinajstić information content (AvgIpc) is 2.94. The molecule has 0 aromatic heterocycles. The van der Waals surface area contributed by atoms with Crippen LogP contribution in [0.1, 0.15) is 55.6 Å². The number of hydrogen-bond donors (Lipinski definition) is 1. The molecule has 1 saturated heterocycles. The van der Waals surface area contributed by atoms with Crippen molar-refractivity contribution in [2.75, 3.05) is 13.1 Å². The Balaban J connectivity index is 1.73. The Morgan fingerprint density at radius 3 is 2.61 bits per heavy atom. The van der Waals surface area contributed by atoms with E-state index in [0.29, 0.717) is 0 Å². The summed E-state index contributed by atoms with van der Waals surface area (Å²) in [5.74, 6) is 1.72. The summed E-state index contributed by atoms with van der Waals surface area (Å²) in [5, 5.41) is 3.54. The average molecular weight is 243 g/mol. The summed E-state index contributed by atoms with van der Waals surface area (Å²) < 4.78 is 0. The molecule has 98 valence electrons. The molecule has 1 heteroatoms. The third-order valence-corrected chi connectivity index (χ3v) is 4.76. The Bertz CT molecular complexity index is 373. The van der Waals surface area contributed by atoms with Gasteiger partial charge in [-0.1, -0.05) is 37.1 Å². The largest absolute Gasteiger partial charge is 0.316 e. The zero-order valence-electron chi connectivity index (χ0n) is 11.3. The normalized spacial score (nSPS) is 25.4. The maximum Gasteiger partial charge on any atom is -0.00173 e. The standard InChI is InChI=1S/C17H25N/c1-2-8-15(7-1)17-10-4-3-9-16(17)12-14-6-5-11-18-13-14/h3-4,9-10,14-15,18H,1-2,5-8,11-13H2. The fraction of sp³-hybridized carbons (Fsp3) is 0.647. The summed E-state index contributed by atoms with van der Waals surface area (Å²) in [6.45, 7) is 2.44. The number of piperidine rings is 1. The summed E-state index contributed by atoms with van der Waals surface area (Å²) in [6.07, 6.45) is 9.76. The molecule has 18 heavy (non-hydrogen) atoms. The van der Waals surface area contributed by atoms with Gasteiger partial charge in [-0.25, -0.2) is 0 Å². The molecule has 1 saturated carbocycles. The van der Waals surface area contributed by atoms with Gasteiger partial charge in [-0.3, -0.25) is 0 Å². The van der Waals surface area contributed by atoms with Crippen LogP contribution in [0.3, 0.4) is 0 Å². The maximum absolute atomic E-state index is 3.54. The van der Waals surface area contributed by atoms with Crippen molar-refractivity contribution in [3.63, 3.8) is 0 Å². The number of nitrogens with one attached hydrogen (secondary N) is 1. The number of rotatable bonds is 3. The first-order chi connectivity index (χ1) is 8.93. The van der Waals surface area contributed by atoms with Crippen LogP contribution < -0.4 is 5.32 Å². The second-order valence-corrected chi connectivity index (χ2v) is 6.10. The van der Waals surface area contributed by atoms with Crippen molar-refractivity contribution >= 4 is 0 Å². The van der Waals surface area contributed by atoms with Crippen molar-refractivity contribution in [3.05, 3.63) is 35.4 Å². The molecule has 0 radical (unpaired) electrons. The zero-order chi connectivity index (χ0) is 12.2. The van der Waals surface area contributed by atoms with Gasteiger partial charge in [0.2, 0.25) is 0 Å². The first-order valence-electron chi connectivity index (χ1n) is 7.72. The SMILES string of the molecule is c1ccc(C2CCCC2)c(CC2CCCNC2)c1. The topological polar surface area (TPSA) is 12.0 Å². The fourth-order valence-corrected chi connectivity index (χ4v) is 3.76. The highest BCUT2D eigenvalue weighted by atomic mass is 14.9. The van der Waals surface area contributed by atoms with Crippen LogP contribution in [-0.2, 0) is 6.42 Å². The number of hydrogen-bond acceptors (Lipinski definition) is 1. The highest BCUT2D eigenvalue weighted by Crippen LogP contribution is 2.36. The first kappa shape index (κ1) is 12.2. The third-order valence-electron chi connectivity index (χ3n) is 4.76. The minimum absolute atomic E-state index is 0.859. The fourth-order valence-electron chi connectivity index (χ4n) is 3.76. The molecular formula is C17H25N. The molecular weight excluding hydrogens is 218 g/mol. The van der Waals surface area contributed by atoms with Gasteiger partial charge in [-0.05, 0) is 68.2 Å². The molecule has 2 fully saturated rings. The second-order valence-electron chi connectivity index (χ2n) is 6.10. The van der Waals surface area contributed by atoms with E-state index in [0.717, 1.165) is 11.8 Å². The minimum Gasteiger partial charge on any atom is -0.316 e. The second kappa shape index (κ2) is 5.88. The predicted octanol–water partition coefficient (Wildman–Crippen LogP) is 3.89. The van der Waals surface area contributed by atoms with Gasteiger partial charge in [-0.2, -0.15) is 0 Å². The van der Waals surface area contributed by atoms with Crippen LogP contribution in [0.15, 0.2) is 24.3 Å². The predicted molar refractivity (Wildman–Crippen MR) is 76.9 cm³/mol. The smallest absolute Gasteiger partial charge is 0.00173 e. The van der Waals surface area contributed by atoms with Crippen LogP contribution in [0, 0.1) is 5.92 Å². The van der Waals surface area contributed by atoms with Crippen LogP contribution in [0.4, 0.5) is 0 Å². The highest BCUT2D eigenvalue weighted by Gasteiger charge is 2.21. The van der Waals surface area contributed by atoms with Crippen molar-refractivity contribution < 1.29 is 0 Å². The lowest BCUT2D eigenvalue weighted by molar-refractivity contribution is 0.375. The van der Waals surface area contributed by atoms with Crippen molar-refractivity contribution in [2.45, 2.75) is 50.9 Å². The zero-order valence-corrected chi connectivity index (χ0v) is 11.3. The van der Waals surface area contributed by atoms with Crippen molar-refractivity contribution in [1.29, 1.82) is 0 Å². The van der Waals surface area contributed by atoms with E-state index in [1.807, 2.05) is 0 Å². The van der Waals surface area contributed by atoms with Crippen molar-refractivity contribution in [2.24, 2.45) is 5.92 Å². The summed E-state index contributed by atoms with van der Waals surface area (Å²) >= 11 is 0. The Kier molecular flexibility index (Phi) is 3.99. The van der Waals surface area contributed by atoms with E-state index in [-0.39, 0.29) is 0 Å². The molecule has 1 nitrogen and oxygen atoms in total. The van der Waals surface area contributed by atoms with Gasteiger partial charge in [0.15, 0.2) is 0 Å². The number of benzene rings is 1.